The van der Waals surface area contributed by atoms with Gasteiger partial charge in [-0.05, 0) is 20.3 Å². The van der Waals surface area contributed by atoms with Crippen LogP contribution in [0, 0.1) is 0 Å². The van der Waals surface area contributed by atoms with Crippen LogP contribution >= 0.6 is 0 Å². The number of ketones is 1. The lowest BCUT2D eigenvalue weighted by molar-refractivity contribution is -0.138. The fourth-order valence-electron chi connectivity index (χ4n) is 0.818. The van der Waals surface area contributed by atoms with E-state index in [4.69, 9.17) is 4.74 Å². The average Bonchev–Trinajstić information content (AvgIpc) is 1.98. The van der Waals surface area contributed by atoms with Gasteiger partial charge in [-0.25, -0.2) is 0 Å². The second-order valence-corrected chi connectivity index (χ2v) is 3.37. The SMILES string of the molecule is CC(C)OCC(=O)CCCC(F)(F)F. The maximum Gasteiger partial charge on any atom is 0.389 e. The predicted molar refractivity (Wildman–Crippen MR) is 46.0 cm³/mol. The second-order valence-electron chi connectivity index (χ2n) is 3.37. The first kappa shape index (κ1) is 13.4. The van der Waals surface area contributed by atoms with E-state index in [0.717, 1.165) is 0 Å². The molecule has 0 bridgehead atoms. The molecule has 14 heavy (non-hydrogen) atoms. The van der Waals surface area contributed by atoms with Gasteiger partial charge in [0.15, 0.2) is 5.78 Å². The number of alkyl halides is 3. The van der Waals surface area contributed by atoms with E-state index in [0.29, 0.717) is 0 Å². The smallest absolute Gasteiger partial charge is 0.371 e. The van der Waals surface area contributed by atoms with E-state index in [2.05, 4.69) is 0 Å². The van der Waals surface area contributed by atoms with Crippen molar-refractivity contribution in [2.75, 3.05) is 6.61 Å². The number of carbonyl (C=O) groups excluding carboxylic acids is 1. The van der Waals surface area contributed by atoms with E-state index < -0.39 is 12.6 Å². The molecule has 84 valence electrons. The molecule has 0 aliphatic rings. The van der Waals surface area contributed by atoms with Gasteiger partial charge in [0.25, 0.3) is 0 Å². The number of rotatable bonds is 6. The van der Waals surface area contributed by atoms with Gasteiger partial charge in [0, 0.05) is 12.8 Å². The van der Waals surface area contributed by atoms with Gasteiger partial charge in [-0.3, -0.25) is 4.79 Å². The maximum atomic E-state index is 11.7. The third-order valence-electron chi connectivity index (χ3n) is 1.49. The van der Waals surface area contributed by atoms with Gasteiger partial charge in [0.2, 0.25) is 0 Å². The van der Waals surface area contributed by atoms with Crippen LogP contribution in [0.3, 0.4) is 0 Å². The van der Waals surface area contributed by atoms with E-state index in [9.17, 15) is 18.0 Å². The van der Waals surface area contributed by atoms with Crippen molar-refractivity contribution < 1.29 is 22.7 Å². The molecule has 0 heterocycles. The summed E-state index contributed by atoms with van der Waals surface area (Å²) in [6.07, 6.45) is -5.35. The zero-order valence-electron chi connectivity index (χ0n) is 8.36. The van der Waals surface area contributed by atoms with Crippen LogP contribution in [0.1, 0.15) is 33.1 Å². The second kappa shape index (κ2) is 6.01. The zero-order valence-corrected chi connectivity index (χ0v) is 8.36. The molecule has 0 unspecified atom stereocenters. The highest BCUT2D eigenvalue weighted by atomic mass is 19.4. The molecule has 0 N–H and O–H groups in total. The monoisotopic (exact) mass is 212 g/mol. The number of hydrogen-bond acceptors (Lipinski definition) is 2. The van der Waals surface area contributed by atoms with E-state index in [1.807, 2.05) is 0 Å². The number of hydrogen-bond donors (Lipinski definition) is 0. The minimum Gasteiger partial charge on any atom is -0.371 e. The third-order valence-corrected chi connectivity index (χ3v) is 1.49. The molecular weight excluding hydrogens is 197 g/mol. The Morgan fingerprint density at radius 2 is 1.93 bits per heavy atom. The van der Waals surface area contributed by atoms with Crippen molar-refractivity contribution >= 4 is 5.78 Å². The Morgan fingerprint density at radius 1 is 1.36 bits per heavy atom. The fourth-order valence-corrected chi connectivity index (χ4v) is 0.818. The molecule has 0 aromatic rings. The predicted octanol–water partition coefficient (Wildman–Crippen LogP) is 2.71. The number of ether oxygens (including phenoxy) is 1. The average molecular weight is 212 g/mol. The van der Waals surface area contributed by atoms with Crippen LogP contribution in [-0.2, 0) is 9.53 Å². The van der Waals surface area contributed by atoms with Crippen LogP contribution in [0.5, 0.6) is 0 Å². The number of Topliss-reactive ketones (excluding diaryl/α,β-unsaturated/α-hetero) is 1. The molecule has 0 saturated carbocycles. The number of carbonyl (C=O) groups is 1. The number of halogens is 3. The molecule has 0 aromatic heterocycles. The van der Waals surface area contributed by atoms with Crippen molar-refractivity contribution in [3.05, 3.63) is 0 Å². The van der Waals surface area contributed by atoms with E-state index in [1.54, 1.807) is 13.8 Å². The summed E-state index contributed by atoms with van der Waals surface area (Å²) in [6.45, 7) is 3.45. The summed E-state index contributed by atoms with van der Waals surface area (Å²) in [5, 5.41) is 0. The Morgan fingerprint density at radius 3 is 2.36 bits per heavy atom. The summed E-state index contributed by atoms with van der Waals surface area (Å²) in [5.74, 6) is -0.275. The lowest BCUT2D eigenvalue weighted by atomic mass is 10.2. The molecule has 5 heteroatoms. The molecule has 0 spiro atoms. The van der Waals surface area contributed by atoms with Crippen LogP contribution in [0.25, 0.3) is 0 Å². The summed E-state index contributed by atoms with van der Waals surface area (Å²) in [7, 11) is 0. The summed E-state index contributed by atoms with van der Waals surface area (Å²) in [4.78, 5) is 10.9. The Kier molecular flexibility index (Phi) is 5.76. The Balaban J connectivity index is 3.46. The third kappa shape index (κ3) is 9.51. The Hall–Kier alpha value is -0.580. The van der Waals surface area contributed by atoms with E-state index >= 15 is 0 Å². The van der Waals surface area contributed by atoms with Crippen LogP contribution in [-0.4, -0.2) is 24.7 Å². The molecule has 0 rings (SSSR count). The van der Waals surface area contributed by atoms with Gasteiger partial charge in [-0.2, -0.15) is 13.2 Å². The molecule has 0 aromatic carbocycles. The highest BCUT2D eigenvalue weighted by molar-refractivity contribution is 5.79. The summed E-state index contributed by atoms with van der Waals surface area (Å²) >= 11 is 0. The van der Waals surface area contributed by atoms with Crippen LogP contribution < -0.4 is 0 Å². The van der Waals surface area contributed by atoms with Crippen molar-refractivity contribution in [3.63, 3.8) is 0 Å². The lowest BCUT2D eigenvalue weighted by Gasteiger charge is -2.07. The molecule has 0 aliphatic carbocycles. The summed E-state index contributed by atoms with van der Waals surface area (Å²) in [5.41, 5.74) is 0. The zero-order chi connectivity index (χ0) is 11.2. The quantitative estimate of drug-likeness (QED) is 0.676. The molecular formula is C9H15F3O2. The van der Waals surface area contributed by atoms with Gasteiger partial charge < -0.3 is 4.74 Å². The van der Waals surface area contributed by atoms with Crippen molar-refractivity contribution in [1.29, 1.82) is 0 Å². The molecule has 0 fully saturated rings. The van der Waals surface area contributed by atoms with Crippen molar-refractivity contribution in [2.24, 2.45) is 0 Å². The molecule has 0 saturated heterocycles. The minimum absolute atomic E-state index is 0.0633. The maximum absolute atomic E-state index is 11.7. The van der Waals surface area contributed by atoms with Crippen molar-refractivity contribution in [2.45, 2.75) is 45.4 Å². The highest BCUT2D eigenvalue weighted by Crippen LogP contribution is 2.22. The summed E-state index contributed by atoms with van der Waals surface area (Å²) < 4.78 is 40.0. The molecule has 0 radical (unpaired) electrons. The molecule has 0 atom stereocenters. The normalized spacial score (nSPS) is 12.1. The van der Waals surface area contributed by atoms with Crippen LogP contribution in [0.15, 0.2) is 0 Å². The Bertz CT molecular complexity index is 175. The van der Waals surface area contributed by atoms with Gasteiger partial charge in [0.1, 0.15) is 6.61 Å². The van der Waals surface area contributed by atoms with E-state index in [1.165, 1.54) is 0 Å². The first-order chi connectivity index (χ1) is 6.31. The highest BCUT2D eigenvalue weighted by Gasteiger charge is 2.26. The first-order valence-electron chi connectivity index (χ1n) is 4.51. The summed E-state index contributed by atoms with van der Waals surface area (Å²) in [6, 6.07) is 0. The standard InChI is InChI=1S/C9H15F3O2/c1-7(2)14-6-8(13)4-3-5-9(10,11)12/h7H,3-6H2,1-2H3. The van der Waals surface area contributed by atoms with Gasteiger partial charge in [-0.1, -0.05) is 0 Å². The van der Waals surface area contributed by atoms with Crippen LogP contribution in [0.2, 0.25) is 0 Å². The van der Waals surface area contributed by atoms with Gasteiger partial charge in [-0.15, -0.1) is 0 Å². The van der Waals surface area contributed by atoms with E-state index in [-0.39, 0.29) is 31.3 Å². The topological polar surface area (TPSA) is 26.3 Å². The van der Waals surface area contributed by atoms with Gasteiger partial charge in [0.05, 0.1) is 6.10 Å². The lowest BCUT2D eigenvalue weighted by Crippen LogP contribution is -2.14. The van der Waals surface area contributed by atoms with Gasteiger partial charge >= 0.3 is 6.18 Å². The van der Waals surface area contributed by atoms with Crippen molar-refractivity contribution in [3.8, 4) is 0 Å². The minimum atomic E-state index is -4.17. The van der Waals surface area contributed by atoms with Crippen LogP contribution in [0.4, 0.5) is 13.2 Å². The molecule has 2 nitrogen and oxygen atoms in total. The first-order valence-corrected chi connectivity index (χ1v) is 4.51. The Labute approximate surface area is 81.4 Å². The van der Waals surface area contributed by atoms with Crippen molar-refractivity contribution in [1.82, 2.24) is 0 Å². The largest absolute Gasteiger partial charge is 0.389 e. The molecule has 0 amide bonds. The fraction of sp³-hybridized carbons (Fsp3) is 0.889. The molecule has 0 aliphatic heterocycles.